The molecule has 1 aliphatic rings. The molecule has 2 aromatic carbocycles. The van der Waals surface area contributed by atoms with Gasteiger partial charge in [-0.2, -0.15) is 5.26 Å². The van der Waals surface area contributed by atoms with Gasteiger partial charge < -0.3 is 21.2 Å². The van der Waals surface area contributed by atoms with Gasteiger partial charge >= 0.3 is 0 Å². The second kappa shape index (κ2) is 8.20. The Morgan fingerprint density at radius 3 is 2.76 bits per heavy atom. The first-order chi connectivity index (χ1) is 12.1. The molecule has 0 unspecified atom stereocenters. The van der Waals surface area contributed by atoms with Crippen LogP contribution in [0.5, 0.6) is 5.75 Å². The number of nitrogens with zero attached hydrogens (tertiary/aromatic N) is 1. The van der Waals surface area contributed by atoms with Crippen molar-refractivity contribution in [3.8, 4) is 11.8 Å². The Balaban J connectivity index is 0.00000164. The zero-order valence-corrected chi connectivity index (χ0v) is 14.9. The summed E-state index contributed by atoms with van der Waals surface area (Å²) < 4.78 is 5.67. The zero-order valence-electron chi connectivity index (χ0n) is 14.9. The summed E-state index contributed by atoms with van der Waals surface area (Å²) in [4.78, 5) is 0. The molecule has 0 saturated heterocycles. The molecule has 0 spiro atoms. The van der Waals surface area contributed by atoms with E-state index in [-0.39, 0.29) is 8.90 Å². The Kier molecular flexibility index (Phi) is 6.02. The second-order valence-corrected chi connectivity index (χ2v) is 5.63. The molecule has 134 valence electrons. The minimum absolute atomic E-state index is 0. The van der Waals surface area contributed by atoms with Gasteiger partial charge in [-0.05, 0) is 37.3 Å². The van der Waals surface area contributed by atoms with Crippen LogP contribution in [0.15, 0.2) is 36.4 Å². The molecular weight excluding hydrogens is 312 g/mol. The molecule has 3 rings (SSSR count). The van der Waals surface area contributed by atoms with Crippen molar-refractivity contribution in [2.45, 2.75) is 33.2 Å². The molecule has 1 aliphatic heterocycles. The third-order valence-corrected chi connectivity index (χ3v) is 3.98. The molecule has 0 bridgehead atoms. The number of nitrogen functional groups attached to an aromatic ring is 1. The van der Waals surface area contributed by atoms with Crippen LogP contribution in [0.3, 0.4) is 0 Å². The Bertz CT molecular complexity index is 818. The Labute approximate surface area is 151 Å². The van der Waals surface area contributed by atoms with Crippen LogP contribution in [-0.4, -0.2) is 12.3 Å². The van der Waals surface area contributed by atoms with Crippen LogP contribution in [0.4, 0.5) is 11.4 Å². The van der Waals surface area contributed by atoms with Gasteiger partial charge in [-0.3, -0.25) is 0 Å². The third-order valence-electron chi connectivity index (χ3n) is 3.98. The first kappa shape index (κ1) is 18.3. The van der Waals surface area contributed by atoms with Crippen LogP contribution in [-0.2, 0) is 0 Å². The fraction of sp³-hybridized carbons (Fsp3) is 0.300. The number of rotatable bonds is 3. The van der Waals surface area contributed by atoms with E-state index in [0.29, 0.717) is 23.6 Å². The van der Waals surface area contributed by atoms with Crippen LogP contribution in [0.1, 0.15) is 52.8 Å². The summed E-state index contributed by atoms with van der Waals surface area (Å²) in [6.45, 7) is 6.33. The molecule has 5 nitrogen and oxygen atoms in total. The van der Waals surface area contributed by atoms with E-state index >= 15 is 0 Å². The van der Waals surface area contributed by atoms with Gasteiger partial charge in [0.15, 0.2) is 0 Å². The van der Waals surface area contributed by atoms with Crippen molar-refractivity contribution in [3.05, 3.63) is 53.1 Å². The molecule has 0 fully saturated rings. The van der Waals surface area contributed by atoms with Crippen LogP contribution in [0, 0.1) is 16.7 Å². The SMILES string of the molecule is CC.CC(=N)c1cc(N[C@@H]2CCOc3cc(C#N)ccc32)ccc1N.[HH].[HH]. The van der Waals surface area contributed by atoms with E-state index in [1.54, 1.807) is 19.1 Å². The largest absolute Gasteiger partial charge is 0.493 e. The van der Waals surface area contributed by atoms with Gasteiger partial charge in [0.25, 0.3) is 0 Å². The molecule has 2 aromatic rings. The van der Waals surface area contributed by atoms with Gasteiger partial charge in [-0.25, -0.2) is 0 Å². The van der Waals surface area contributed by atoms with E-state index in [0.717, 1.165) is 29.0 Å². The monoisotopic (exact) mass is 340 g/mol. The summed E-state index contributed by atoms with van der Waals surface area (Å²) >= 11 is 0. The molecule has 0 aliphatic carbocycles. The predicted molar refractivity (Wildman–Crippen MR) is 107 cm³/mol. The van der Waals surface area contributed by atoms with Gasteiger partial charge in [0, 0.05) is 37.5 Å². The Morgan fingerprint density at radius 2 is 2.08 bits per heavy atom. The molecular formula is C20H28N4O. The Hall–Kier alpha value is -3.00. The number of nitrogens with two attached hydrogens (primary N) is 1. The number of ether oxygens (including phenoxy) is 1. The predicted octanol–water partition coefficient (Wildman–Crippen LogP) is 4.98. The second-order valence-electron chi connectivity index (χ2n) is 5.63. The van der Waals surface area contributed by atoms with Gasteiger partial charge in [0.2, 0.25) is 0 Å². The molecule has 0 saturated carbocycles. The highest BCUT2D eigenvalue weighted by atomic mass is 16.5. The molecule has 5 heteroatoms. The number of anilines is 2. The summed E-state index contributed by atoms with van der Waals surface area (Å²) in [6.07, 6.45) is 0.835. The fourth-order valence-corrected chi connectivity index (χ4v) is 2.78. The molecule has 0 radical (unpaired) electrons. The van der Waals surface area contributed by atoms with Crippen LogP contribution in [0.25, 0.3) is 0 Å². The number of hydrogen-bond acceptors (Lipinski definition) is 5. The lowest BCUT2D eigenvalue weighted by molar-refractivity contribution is 0.274. The first-order valence-corrected chi connectivity index (χ1v) is 8.47. The third kappa shape index (κ3) is 4.10. The first-order valence-electron chi connectivity index (χ1n) is 8.47. The topological polar surface area (TPSA) is 94.9 Å². The molecule has 4 N–H and O–H groups in total. The van der Waals surface area contributed by atoms with Crippen molar-refractivity contribution in [2.24, 2.45) is 0 Å². The summed E-state index contributed by atoms with van der Waals surface area (Å²) in [7, 11) is 0. The highest BCUT2D eigenvalue weighted by molar-refractivity contribution is 6.01. The lowest BCUT2D eigenvalue weighted by atomic mass is 9.98. The number of hydrogen-bond donors (Lipinski definition) is 3. The van der Waals surface area contributed by atoms with Crippen LogP contribution >= 0.6 is 0 Å². The number of fused-ring (bicyclic) bond motifs is 1. The highest BCUT2D eigenvalue weighted by Crippen LogP contribution is 2.35. The molecule has 1 atom stereocenters. The van der Waals surface area contributed by atoms with Gasteiger partial charge in [0.1, 0.15) is 5.75 Å². The van der Waals surface area contributed by atoms with E-state index < -0.39 is 0 Å². The maximum absolute atomic E-state index is 9.00. The van der Waals surface area contributed by atoms with Crippen molar-refractivity contribution in [1.29, 1.82) is 10.7 Å². The summed E-state index contributed by atoms with van der Waals surface area (Å²) in [5, 5.41) is 20.3. The zero-order chi connectivity index (χ0) is 18.4. The molecule has 25 heavy (non-hydrogen) atoms. The lowest BCUT2D eigenvalue weighted by Gasteiger charge is -2.28. The minimum Gasteiger partial charge on any atom is -0.493 e. The van der Waals surface area contributed by atoms with Crippen molar-refractivity contribution in [1.82, 2.24) is 0 Å². The lowest BCUT2D eigenvalue weighted by Crippen LogP contribution is -2.20. The number of nitriles is 1. The van der Waals surface area contributed by atoms with E-state index in [9.17, 15) is 0 Å². The van der Waals surface area contributed by atoms with Gasteiger partial charge in [0.05, 0.1) is 24.3 Å². The maximum Gasteiger partial charge on any atom is 0.125 e. The fourth-order valence-electron chi connectivity index (χ4n) is 2.78. The Morgan fingerprint density at radius 1 is 1.32 bits per heavy atom. The number of benzene rings is 2. The number of nitrogens with one attached hydrogen (secondary N) is 2. The summed E-state index contributed by atoms with van der Waals surface area (Å²) in [5.41, 5.74) is 10.3. The normalized spacial score (nSPS) is 14.9. The minimum atomic E-state index is 0. The van der Waals surface area contributed by atoms with Crippen LogP contribution in [0.2, 0.25) is 0 Å². The highest BCUT2D eigenvalue weighted by Gasteiger charge is 2.22. The summed E-state index contributed by atoms with van der Waals surface area (Å²) in [6, 6.07) is 13.4. The van der Waals surface area contributed by atoms with Crippen molar-refractivity contribution in [2.75, 3.05) is 17.7 Å². The van der Waals surface area contributed by atoms with Crippen molar-refractivity contribution < 1.29 is 7.59 Å². The quantitative estimate of drug-likeness (QED) is 0.542. The van der Waals surface area contributed by atoms with E-state index in [2.05, 4.69) is 11.4 Å². The molecule has 0 amide bonds. The van der Waals surface area contributed by atoms with Crippen molar-refractivity contribution >= 4 is 17.1 Å². The van der Waals surface area contributed by atoms with Gasteiger partial charge in [-0.15, -0.1) is 0 Å². The molecule has 0 aromatic heterocycles. The van der Waals surface area contributed by atoms with E-state index in [1.807, 2.05) is 38.1 Å². The maximum atomic E-state index is 9.00. The van der Waals surface area contributed by atoms with Crippen LogP contribution < -0.4 is 15.8 Å². The van der Waals surface area contributed by atoms with E-state index in [4.69, 9.17) is 21.1 Å². The molecule has 1 heterocycles. The standard InChI is InChI=1S/C18H18N4O.C2H6.2H2/c1-11(20)15-9-13(3-5-16(15)21)22-17-6-7-23-18-8-12(10-19)2-4-14(17)18;1-2;;/h2-5,8-9,17,20,22H,6-7,21H2,1H3;1-2H3;2*1H/t17-;;;/m1.../s1. The van der Waals surface area contributed by atoms with Gasteiger partial charge in [-0.1, -0.05) is 19.9 Å². The summed E-state index contributed by atoms with van der Waals surface area (Å²) in [5.74, 6) is 0.756. The average Bonchev–Trinajstić information content (AvgIpc) is 2.64. The smallest absolute Gasteiger partial charge is 0.125 e. The van der Waals surface area contributed by atoms with Crippen molar-refractivity contribution in [3.63, 3.8) is 0 Å². The average molecular weight is 340 g/mol. The van der Waals surface area contributed by atoms with E-state index in [1.165, 1.54) is 0 Å².